The van der Waals surface area contributed by atoms with Gasteiger partial charge in [-0.25, -0.2) is 0 Å². The zero-order valence-electron chi connectivity index (χ0n) is 8.44. The van der Waals surface area contributed by atoms with Crippen molar-refractivity contribution >= 4 is 15.9 Å². The predicted octanol–water partition coefficient (Wildman–Crippen LogP) is 3.88. The van der Waals surface area contributed by atoms with Crippen molar-refractivity contribution < 1.29 is 0 Å². The van der Waals surface area contributed by atoms with Crippen LogP contribution in [0.4, 0.5) is 0 Å². The van der Waals surface area contributed by atoms with Crippen LogP contribution in [0.2, 0.25) is 0 Å². The van der Waals surface area contributed by atoms with Crippen LogP contribution in [0, 0.1) is 6.92 Å². The molecule has 0 saturated heterocycles. The van der Waals surface area contributed by atoms with Gasteiger partial charge in [-0.3, -0.25) is 0 Å². The summed E-state index contributed by atoms with van der Waals surface area (Å²) in [5, 5.41) is 1.10. The van der Waals surface area contributed by atoms with Crippen LogP contribution in [0.3, 0.4) is 0 Å². The largest absolute Gasteiger partial charge is 0.0928 e. The van der Waals surface area contributed by atoms with E-state index in [2.05, 4.69) is 48.0 Å². The molecule has 0 radical (unpaired) electrons. The Morgan fingerprint density at radius 1 is 1.31 bits per heavy atom. The van der Waals surface area contributed by atoms with Crippen LogP contribution in [0.5, 0.6) is 0 Å². The van der Waals surface area contributed by atoms with Gasteiger partial charge in [-0.2, -0.15) is 0 Å². The highest BCUT2D eigenvalue weighted by molar-refractivity contribution is 9.09. The topological polar surface area (TPSA) is 0 Å². The maximum Gasteiger partial charge on any atom is 0.00344 e. The Morgan fingerprint density at radius 3 is 2.69 bits per heavy atom. The Morgan fingerprint density at radius 2 is 2.08 bits per heavy atom. The first-order valence-corrected chi connectivity index (χ1v) is 6.04. The van der Waals surface area contributed by atoms with Crippen molar-refractivity contribution in [1.82, 2.24) is 0 Å². The van der Waals surface area contributed by atoms with E-state index in [1.54, 1.807) is 0 Å². The molecule has 13 heavy (non-hydrogen) atoms. The van der Waals surface area contributed by atoms with Crippen LogP contribution in [-0.4, -0.2) is 5.33 Å². The van der Waals surface area contributed by atoms with Gasteiger partial charge in [0, 0.05) is 5.33 Å². The summed E-state index contributed by atoms with van der Waals surface area (Å²) in [6, 6.07) is 6.83. The summed E-state index contributed by atoms with van der Waals surface area (Å²) >= 11 is 3.46. The fourth-order valence-corrected chi connectivity index (χ4v) is 1.81. The quantitative estimate of drug-likeness (QED) is 0.701. The zero-order valence-corrected chi connectivity index (χ0v) is 10.0. The molecule has 0 nitrogen and oxygen atoms in total. The van der Waals surface area contributed by atoms with Crippen molar-refractivity contribution in [2.75, 3.05) is 5.33 Å². The number of hydrogen-bond acceptors (Lipinski definition) is 0. The van der Waals surface area contributed by atoms with Crippen molar-refractivity contribution in [3.8, 4) is 0 Å². The van der Waals surface area contributed by atoms with Crippen molar-refractivity contribution in [3.63, 3.8) is 0 Å². The lowest BCUT2D eigenvalue weighted by Gasteiger charge is -2.06. The average molecular weight is 241 g/mol. The minimum atomic E-state index is 1.10. The fraction of sp³-hybridized carbons (Fsp3) is 0.500. The second-order valence-corrected chi connectivity index (χ2v) is 4.20. The summed E-state index contributed by atoms with van der Waals surface area (Å²) in [6.07, 6.45) is 3.57. The monoisotopic (exact) mass is 240 g/mol. The molecule has 0 amide bonds. The molecule has 0 heterocycles. The SMILES string of the molecule is CCc1cc(CCCBr)ccc1C. The lowest BCUT2D eigenvalue weighted by Crippen LogP contribution is -1.91. The highest BCUT2D eigenvalue weighted by Gasteiger charge is 1.98. The minimum Gasteiger partial charge on any atom is -0.0928 e. The first kappa shape index (κ1) is 10.8. The third-order valence-electron chi connectivity index (χ3n) is 2.39. The van der Waals surface area contributed by atoms with E-state index in [1.165, 1.54) is 29.5 Å². The summed E-state index contributed by atoms with van der Waals surface area (Å²) in [5.41, 5.74) is 4.39. The summed E-state index contributed by atoms with van der Waals surface area (Å²) in [6.45, 7) is 4.41. The molecule has 0 atom stereocenters. The van der Waals surface area contributed by atoms with Gasteiger partial charge in [-0.1, -0.05) is 41.1 Å². The molecule has 0 aliphatic rings. The summed E-state index contributed by atoms with van der Waals surface area (Å²) in [5.74, 6) is 0. The molecule has 0 spiro atoms. The van der Waals surface area contributed by atoms with E-state index >= 15 is 0 Å². The van der Waals surface area contributed by atoms with Crippen LogP contribution in [-0.2, 0) is 12.8 Å². The third kappa shape index (κ3) is 3.15. The number of hydrogen-bond donors (Lipinski definition) is 0. The van der Waals surface area contributed by atoms with Gasteiger partial charge in [-0.05, 0) is 42.9 Å². The second kappa shape index (κ2) is 5.43. The summed E-state index contributed by atoms with van der Waals surface area (Å²) < 4.78 is 0. The molecule has 1 rings (SSSR count). The van der Waals surface area contributed by atoms with E-state index in [0.29, 0.717) is 0 Å². The third-order valence-corrected chi connectivity index (χ3v) is 2.95. The molecule has 1 aromatic rings. The van der Waals surface area contributed by atoms with Gasteiger partial charge in [-0.15, -0.1) is 0 Å². The summed E-state index contributed by atoms with van der Waals surface area (Å²) in [4.78, 5) is 0. The molecule has 0 aliphatic carbocycles. The smallest absolute Gasteiger partial charge is 0.00344 e. The van der Waals surface area contributed by atoms with Gasteiger partial charge in [0.25, 0.3) is 0 Å². The van der Waals surface area contributed by atoms with Crippen LogP contribution >= 0.6 is 15.9 Å². The Kier molecular flexibility index (Phi) is 4.51. The van der Waals surface area contributed by atoms with Crippen LogP contribution in [0.15, 0.2) is 18.2 Å². The molecule has 1 heteroatoms. The Labute approximate surface area is 89.5 Å². The zero-order chi connectivity index (χ0) is 9.68. The highest BCUT2D eigenvalue weighted by Crippen LogP contribution is 2.13. The lowest BCUT2D eigenvalue weighted by atomic mass is 10.0. The molecule has 0 aliphatic heterocycles. The molecule has 0 bridgehead atoms. The van der Waals surface area contributed by atoms with E-state index < -0.39 is 0 Å². The van der Waals surface area contributed by atoms with Crippen molar-refractivity contribution in [1.29, 1.82) is 0 Å². The molecular weight excluding hydrogens is 224 g/mol. The maximum atomic E-state index is 3.46. The number of benzene rings is 1. The van der Waals surface area contributed by atoms with Crippen LogP contribution in [0.1, 0.15) is 30.0 Å². The number of alkyl halides is 1. The number of rotatable bonds is 4. The van der Waals surface area contributed by atoms with E-state index in [0.717, 1.165) is 11.8 Å². The van der Waals surface area contributed by atoms with E-state index in [1.807, 2.05) is 0 Å². The molecule has 0 unspecified atom stereocenters. The molecule has 0 aromatic heterocycles. The number of halogens is 1. The highest BCUT2D eigenvalue weighted by atomic mass is 79.9. The maximum absolute atomic E-state index is 3.46. The van der Waals surface area contributed by atoms with Gasteiger partial charge in [0.2, 0.25) is 0 Å². The van der Waals surface area contributed by atoms with E-state index in [9.17, 15) is 0 Å². The van der Waals surface area contributed by atoms with Gasteiger partial charge in [0.15, 0.2) is 0 Å². The first-order chi connectivity index (χ1) is 6.27. The van der Waals surface area contributed by atoms with Crippen molar-refractivity contribution in [2.45, 2.75) is 33.1 Å². The van der Waals surface area contributed by atoms with Crippen LogP contribution < -0.4 is 0 Å². The Hall–Kier alpha value is -0.300. The van der Waals surface area contributed by atoms with Crippen molar-refractivity contribution in [3.05, 3.63) is 34.9 Å². The van der Waals surface area contributed by atoms with Gasteiger partial charge < -0.3 is 0 Å². The molecular formula is C12H17Br. The first-order valence-electron chi connectivity index (χ1n) is 4.92. The van der Waals surface area contributed by atoms with Crippen LogP contribution in [0.25, 0.3) is 0 Å². The molecule has 0 saturated carbocycles. The van der Waals surface area contributed by atoms with E-state index in [4.69, 9.17) is 0 Å². The Bertz CT molecular complexity index is 266. The average Bonchev–Trinajstić information content (AvgIpc) is 2.16. The normalized spacial score (nSPS) is 10.4. The molecule has 1 aromatic carbocycles. The minimum absolute atomic E-state index is 1.10. The Balaban J connectivity index is 2.74. The molecule has 0 N–H and O–H groups in total. The van der Waals surface area contributed by atoms with Gasteiger partial charge >= 0.3 is 0 Å². The van der Waals surface area contributed by atoms with Gasteiger partial charge in [0.05, 0.1) is 0 Å². The van der Waals surface area contributed by atoms with Gasteiger partial charge in [0.1, 0.15) is 0 Å². The second-order valence-electron chi connectivity index (χ2n) is 3.41. The fourth-order valence-electron chi connectivity index (χ4n) is 1.53. The molecule has 0 fully saturated rings. The predicted molar refractivity (Wildman–Crippen MR) is 62.7 cm³/mol. The number of aryl methyl sites for hydroxylation is 3. The molecule has 72 valence electrons. The summed E-state index contributed by atoms with van der Waals surface area (Å²) in [7, 11) is 0. The van der Waals surface area contributed by atoms with E-state index in [-0.39, 0.29) is 0 Å². The standard InChI is InChI=1S/C12H17Br/c1-3-12-9-11(5-4-8-13)7-6-10(12)2/h6-7,9H,3-5,8H2,1-2H3. The van der Waals surface area contributed by atoms with Crippen molar-refractivity contribution in [2.24, 2.45) is 0 Å². The lowest BCUT2D eigenvalue weighted by molar-refractivity contribution is 0.931.